The number of aromatic amines is 1. The number of nitrogens with one attached hydrogen (secondary N) is 2. The van der Waals surface area contributed by atoms with Gasteiger partial charge in [0.05, 0.1) is 17.8 Å². The monoisotopic (exact) mass is 804 g/mol. The molecular formula is C43H58N5O8P. The van der Waals surface area contributed by atoms with Crippen LogP contribution in [0.15, 0.2) is 75.4 Å². The molecular weight excluding hydrogens is 745 g/mol. The first kappa shape index (κ1) is 42.2. The van der Waals surface area contributed by atoms with Crippen LogP contribution in [0.3, 0.4) is 0 Å². The van der Waals surface area contributed by atoms with Crippen LogP contribution >= 0.6 is 8.53 Å². The third-order valence-electron chi connectivity index (χ3n) is 10.00. The first-order valence-corrected chi connectivity index (χ1v) is 21.1. The van der Waals surface area contributed by atoms with E-state index < -0.39 is 38.2 Å². The molecule has 3 aromatic rings. The van der Waals surface area contributed by atoms with Gasteiger partial charge in [0.1, 0.15) is 12.8 Å². The van der Waals surface area contributed by atoms with Crippen LogP contribution in [0.1, 0.15) is 117 Å². The van der Waals surface area contributed by atoms with Crippen molar-refractivity contribution in [2.45, 2.75) is 123 Å². The van der Waals surface area contributed by atoms with Gasteiger partial charge in [-0.1, -0.05) is 67.8 Å². The highest BCUT2D eigenvalue weighted by molar-refractivity contribution is 7.45. The molecule has 57 heavy (non-hydrogen) atoms. The van der Waals surface area contributed by atoms with Crippen LogP contribution in [0.4, 0.5) is 0 Å². The molecule has 5 rings (SSSR count). The molecule has 2 aromatic carbocycles. The average Bonchev–Trinajstić information content (AvgIpc) is 3.75. The molecule has 1 fully saturated rings. The number of carbonyl (C=O) groups excluding carboxylic acids is 2. The summed E-state index contributed by atoms with van der Waals surface area (Å²) in [5.41, 5.74) is 3.60. The SMILES string of the molecule is [2H]C[C@H]1O[C@@H](n2cc(/C=C/C(=O)NCCCCCCCC(=O)OCC3c4ccccc4-c4ccccc43)c(=O)[nH]c2=O)CC1OP(OC=NCC)N(C(C)C)C(C)C. The fraction of sp³-hybridized carbons (Fsp3) is 0.512. The van der Waals surface area contributed by atoms with Crippen LogP contribution in [-0.4, -0.2) is 76.5 Å². The third kappa shape index (κ3) is 11.8. The average molecular weight is 805 g/mol. The van der Waals surface area contributed by atoms with Crippen LogP contribution in [0.2, 0.25) is 0 Å². The maximum atomic E-state index is 12.9. The normalized spacial score (nSPS) is 18.7. The summed E-state index contributed by atoms with van der Waals surface area (Å²) in [5.74, 6) is -0.501. The van der Waals surface area contributed by atoms with Gasteiger partial charge in [0.2, 0.25) is 5.91 Å². The lowest BCUT2D eigenvalue weighted by molar-refractivity contribution is -0.144. The fourth-order valence-electron chi connectivity index (χ4n) is 7.24. The molecule has 2 aliphatic rings. The van der Waals surface area contributed by atoms with Crippen LogP contribution in [-0.2, 0) is 28.1 Å². The van der Waals surface area contributed by atoms with Gasteiger partial charge in [-0.25, -0.2) is 9.46 Å². The van der Waals surface area contributed by atoms with E-state index in [1.54, 1.807) is 0 Å². The minimum Gasteiger partial charge on any atom is -0.465 e. The van der Waals surface area contributed by atoms with Crippen molar-refractivity contribution in [1.82, 2.24) is 19.5 Å². The number of carbonyl (C=O) groups is 2. The quantitative estimate of drug-likeness (QED) is 0.0279. The summed E-state index contributed by atoms with van der Waals surface area (Å²) in [6.07, 6.45) is 8.18. The van der Waals surface area contributed by atoms with Crippen LogP contribution < -0.4 is 16.6 Å². The van der Waals surface area contributed by atoms with E-state index in [1.165, 1.54) is 51.6 Å². The van der Waals surface area contributed by atoms with Gasteiger partial charge >= 0.3 is 20.2 Å². The molecule has 14 heteroatoms. The largest absolute Gasteiger partial charge is 0.465 e. The third-order valence-corrected chi connectivity index (χ3v) is 12.0. The Kier molecular flexibility index (Phi) is 15.8. The van der Waals surface area contributed by atoms with Crippen molar-refractivity contribution in [3.05, 3.63) is 98.3 Å². The number of fused-ring (bicyclic) bond motifs is 3. The highest BCUT2D eigenvalue weighted by Crippen LogP contribution is 2.49. The Morgan fingerprint density at radius 1 is 1.04 bits per heavy atom. The molecule has 0 bridgehead atoms. The number of nitrogens with zero attached hydrogens (tertiary/aromatic N) is 3. The molecule has 4 atom stereocenters. The second-order valence-corrected chi connectivity index (χ2v) is 16.2. The summed E-state index contributed by atoms with van der Waals surface area (Å²) in [7, 11) is -1.60. The number of amides is 1. The van der Waals surface area contributed by atoms with E-state index in [-0.39, 0.29) is 48.8 Å². The van der Waals surface area contributed by atoms with Gasteiger partial charge in [-0.15, -0.1) is 0 Å². The summed E-state index contributed by atoms with van der Waals surface area (Å²) in [6.45, 7) is 11.3. The van der Waals surface area contributed by atoms with Crippen molar-refractivity contribution >= 4 is 32.9 Å². The first-order chi connectivity index (χ1) is 28.0. The number of hydrogen-bond acceptors (Lipinski definition) is 10. The van der Waals surface area contributed by atoms with Crippen LogP contribution in [0, 0.1) is 0 Å². The highest BCUT2D eigenvalue weighted by Gasteiger charge is 2.40. The van der Waals surface area contributed by atoms with Crippen molar-refractivity contribution in [3.8, 4) is 11.1 Å². The number of esters is 1. The topological polar surface area (TPSA) is 154 Å². The molecule has 0 saturated carbocycles. The summed E-state index contributed by atoms with van der Waals surface area (Å²) in [4.78, 5) is 57.2. The molecule has 1 aliphatic heterocycles. The molecule has 2 unspecified atom stereocenters. The molecule has 1 amide bonds. The second kappa shape index (κ2) is 21.4. The Bertz CT molecular complexity index is 1950. The van der Waals surface area contributed by atoms with Gasteiger partial charge in [-0.05, 0) is 82.7 Å². The Balaban J connectivity index is 1.03. The zero-order valence-electron chi connectivity index (χ0n) is 34.7. The molecule has 2 N–H and O–H groups in total. The lowest BCUT2D eigenvalue weighted by atomic mass is 9.98. The number of hydrogen-bond donors (Lipinski definition) is 2. The van der Waals surface area contributed by atoms with Crippen molar-refractivity contribution < 1.29 is 29.5 Å². The van der Waals surface area contributed by atoms with Crippen molar-refractivity contribution in [1.29, 1.82) is 0 Å². The number of rotatable bonds is 21. The van der Waals surface area contributed by atoms with Crippen molar-refractivity contribution in [3.63, 3.8) is 0 Å². The number of unbranched alkanes of at least 4 members (excludes halogenated alkanes) is 4. The van der Waals surface area contributed by atoms with Gasteiger partial charge in [-0.3, -0.25) is 28.9 Å². The number of aliphatic imine (C=N–C) groups is 1. The summed E-state index contributed by atoms with van der Waals surface area (Å²) in [5, 5.41) is 2.83. The molecule has 308 valence electrons. The maximum absolute atomic E-state index is 12.9. The molecule has 0 radical (unpaired) electrons. The molecule has 1 aliphatic carbocycles. The van der Waals surface area contributed by atoms with E-state index in [0.29, 0.717) is 26.1 Å². The Morgan fingerprint density at radius 2 is 1.70 bits per heavy atom. The molecule has 2 heterocycles. The predicted molar refractivity (Wildman–Crippen MR) is 224 cm³/mol. The Hall–Kier alpha value is -4.42. The molecule has 0 spiro atoms. The van der Waals surface area contributed by atoms with Crippen molar-refractivity contribution in [2.24, 2.45) is 4.99 Å². The van der Waals surface area contributed by atoms with E-state index in [2.05, 4.69) is 44.2 Å². The minimum absolute atomic E-state index is 0.0532. The van der Waals surface area contributed by atoms with Crippen LogP contribution in [0.25, 0.3) is 17.2 Å². The smallest absolute Gasteiger partial charge is 0.330 e. The van der Waals surface area contributed by atoms with Gasteiger partial charge < -0.3 is 23.8 Å². The molecule has 1 saturated heterocycles. The van der Waals surface area contributed by atoms with E-state index in [1.807, 2.05) is 58.9 Å². The fourth-order valence-corrected chi connectivity index (χ4v) is 8.86. The van der Waals surface area contributed by atoms with E-state index in [0.717, 1.165) is 32.1 Å². The Morgan fingerprint density at radius 3 is 2.37 bits per heavy atom. The molecule has 13 nitrogen and oxygen atoms in total. The zero-order chi connectivity index (χ0) is 41.6. The first-order valence-electron chi connectivity index (χ1n) is 20.7. The van der Waals surface area contributed by atoms with E-state index in [4.69, 9.17) is 19.9 Å². The number of benzene rings is 2. The standard InChI is InChI=1S/C43H58N5O8P/c1-7-44-28-54-57(48(29(2)3)30(4)5)56-38-25-40(55-31(38)6)47-26-32(42(51)46-43(47)52)22-23-39(49)45-24-16-10-8-9-11-21-41(50)53-27-37-35-19-14-12-17-33(35)34-18-13-15-20-36(34)37/h12-15,17-20,22-23,26,28-31,37-38,40H,7-11,16,21,24-25,27H2,1-6H3,(H,45,49)(H,46,51,52)/b23-22+,44-28?/t31-,38?,40-,57?/m1/s1/i6D. The summed E-state index contributed by atoms with van der Waals surface area (Å²) < 4.78 is 35.7. The van der Waals surface area contributed by atoms with E-state index in [9.17, 15) is 19.2 Å². The molecule has 1 aromatic heterocycles. The summed E-state index contributed by atoms with van der Waals surface area (Å²) in [6, 6.07) is 16.8. The lowest BCUT2D eigenvalue weighted by Crippen LogP contribution is -2.35. The Labute approximate surface area is 338 Å². The van der Waals surface area contributed by atoms with Gasteiger partial charge in [0.15, 0.2) is 6.40 Å². The summed E-state index contributed by atoms with van der Waals surface area (Å²) >= 11 is 0. The lowest BCUT2D eigenvalue weighted by Gasteiger charge is -2.36. The van der Waals surface area contributed by atoms with Gasteiger partial charge in [0.25, 0.3) is 5.56 Å². The van der Waals surface area contributed by atoms with Gasteiger partial charge in [0, 0.05) is 57.6 Å². The van der Waals surface area contributed by atoms with E-state index >= 15 is 0 Å². The number of ether oxygens (including phenoxy) is 2. The number of H-pyrrole nitrogens is 1. The second-order valence-electron chi connectivity index (χ2n) is 14.8. The minimum atomic E-state index is -1.60. The van der Waals surface area contributed by atoms with Crippen LogP contribution in [0.5, 0.6) is 0 Å². The number of aromatic nitrogens is 2. The maximum Gasteiger partial charge on any atom is 0.330 e. The predicted octanol–water partition coefficient (Wildman–Crippen LogP) is 7.47. The van der Waals surface area contributed by atoms with Crippen molar-refractivity contribution in [2.75, 3.05) is 19.7 Å². The highest BCUT2D eigenvalue weighted by atomic mass is 31.2. The zero-order valence-corrected chi connectivity index (χ0v) is 34.6. The van der Waals surface area contributed by atoms with Gasteiger partial charge in [-0.2, -0.15) is 0 Å².